The van der Waals surface area contributed by atoms with Gasteiger partial charge in [-0.2, -0.15) is 9.36 Å². The van der Waals surface area contributed by atoms with E-state index in [0.29, 0.717) is 11.4 Å². The molecule has 1 aromatic heterocycles. The van der Waals surface area contributed by atoms with Crippen LogP contribution in [0.5, 0.6) is 5.75 Å². The third-order valence-corrected chi connectivity index (χ3v) is 4.91. The molecule has 0 aliphatic carbocycles. The van der Waals surface area contributed by atoms with Crippen molar-refractivity contribution in [1.29, 1.82) is 0 Å². The maximum Gasteiger partial charge on any atom is 0.368 e. The standard InChI is InChI=1S/C22H27N5O3/c1-6-16(3)30-23-17(4)18-10-8-11-19(13-18)29-14-20-15(2)9-7-12-21(20)27-22(28)26(5)24-25-27/h7-13,16H,6,14H2,1-5H3. The molecule has 0 radical (unpaired) electrons. The van der Waals surface area contributed by atoms with Crippen molar-refractivity contribution in [3.8, 4) is 11.4 Å². The molecule has 1 heterocycles. The van der Waals surface area contributed by atoms with Crippen LogP contribution in [0.2, 0.25) is 0 Å². The van der Waals surface area contributed by atoms with Crippen LogP contribution in [-0.2, 0) is 18.5 Å². The minimum atomic E-state index is -0.308. The average molecular weight is 409 g/mol. The van der Waals surface area contributed by atoms with Crippen LogP contribution in [0.25, 0.3) is 5.69 Å². The molecule has 0 fully saturated rings. The highest BCUT2D eigenvalue weighted by molar-refractivity contribution is 5.98. The first-order chi connectivity index (χ1) is 14.4. The summed E-state index contributed by atoms with van der Waals surface area (Å²) in [5.74, 6) is 0.700. The van der Waals surface area contributed by atoms with E-state index in [9.17, 15) is 4.79 Å². The highest BCUT2D eigenvalue weighted by Gasteiger charge is 2.14. The van der Waals surface area contributed by atoms with E-state index in [1.54, 1.807) is 7.05 Å². The fourth-order valence-corrected chi connectivity index (χ4v) is 2.80. The molecule has 1 atom stereocenters. The topological polar surface area (TPSA) is 83.5 Å². The first-order valence-corrected chi connectivity index (χ1v) is 9.92. The van der Waals surface area contributed by atoms with Gasteiger partial charge in [0.2, 0.25) is 0 Å². The van der Waals surface area contributed by atoms with Gasteiger partial charge in [-0.25, -0.2) is 4.79 Å². The third kappa shape index (κ3) is 4.76. The van der Waals surface area contributed by atoms with Gasteiger partial charge in [-0.05, 0) is 61.4 Å². The van der Waals surface area contributed by atoms with Gasteiger partial charge < -0.3 is 9.57 Å². The summed E-state index contributed by atoms with van der Waals surface area (Å²) in [6.45, 7) is 8.20. The van der Waals surface area contributed by atoms with Crippen LogP contribution in [0.4, 0.5) is 0 Å². The number of benzene rings is 2. The van der Waals surface area contributed by atoms with Crippen molar-refractivity contribution in [2.45, 2.75) is 46.8 Å². The SMILES string of the molecule is CCC(C)ON=C(C)c1cccc(OCc2c(C)cccc2-n2nnn(C)c2=O)c1. The predicted octanol–water partition coefficient (Wildman–Crippen LogP) is 3.39. The van der Waals surface area contributed by atoms with Gasteiger partial charge in [0.25, 0.3) is 0 Å². The second-order valence-corrected chi connectivity index (χ2v) is 7.19. The van der Waals surface area contributed by atoms with Crippen LogP contribution in [0.3, 0.4) is 0 Å². The van der Waals surface area contributed by atoms with Gasteiger partial charge in [0.1, 0.15) is 18.5 Å². The van der Waals surface area contributed by atoms with Crippen LogP contribution < -0.4 is 10.4 Å². The van der Waals surface area contributed by atoms with E-state index in [4.69, 9.17) is 9.57 Å². The molecule has 2 aromatic carbocycles. The van der Waals surface area contributed by atoms with E-state index in [2.05, 4.69) is 22.5 Å². The summed E-state index contributed by atoms with van der Waals surface area (Å²) in [4.78, 5) is 17.8. The lowest BCUT2D eigenvalue weighted by molar-refractivity contribution is 0.0699. The molecule has 0 bridgehead atoms. The molecule has 0 aliphatic rings. The number of oxime groups is 1. The van der Waals surface area contributed by atoms with Crippen molar-refractivity contribution in [3.63, 3.8) is 0 Å². The predicted molar refractivity (Wildman–Crippen MR) is 115 cm³/mol. The minimum absolute atomic E-state index is 0.0725. The highest BCUT2D eigenvalue weighted by atomic mass is 16.6. The lowest BCUT2D eigenvalue weighted by Crippen LogP contribution is -2.23. The Kier molecular flexibility index (Phi) is 6.66. The van der Waals surface area contributed by atoms with Crippen LogP contribution >= 0.6 is 0 Å². The van der Waals surface area contributed by atoms with E-state index in [0.717, 1.165) is 28.8 Å². The summed E-state index contributed by atoms with van der Waals surface area (Å²) in [6.07, 6.45) is 0.969. The number of hydrogen-bond acceptors (Lipinski definition) is 6. The maximum atomic E-state index is 12.3. The van der Waals surface area contributed by atoms with Crippen molar-refractivity contribution in [3.05, 3.63) is 69.6 Å². The van der Waals surface area contributed by atoms with Gasteiger partial charge in [0.05, 0.1) is 11.4 Å². The molecule has 3 rings (SSSR count). The Morgan fingerprint density at radius 3 is 2.67 bits per heavy atom. The zero-order valence-corrected chi connectivity index (χ0v) is 18.0. The Morgan fingerprint density at radius 2 is 1.97 bits per heavy atom. The average Bonchev–Trinajstić information content (AvgIpc) is 3.09. The summed E-state index contributed by atoms with van der Waals surface area (Å²) in [5.41, 5.74) is 3.92. The number of hydrogen-bond donors (Lipinski definition) is 0. The Bertz CT molecular complexity index is 1100. The second-order valence-electron chi connectivity index (χ2n) is 7.19. The summed E-state index contributed by atoms with van der Waals surface area (Å²) >= 11 is 0. The number of rotatable bonds is 8. The molecular formula is C22H27N5O3. The molecule has 30 heavy (non-hydrogen) atoms. The minimum Gasteiger partial charge on any atom is -0.489 e. The third-order valence-electron chi connectivity index (χ3n) is 4.91. The summed E-state index contributed by atoms with van der Waals surface area (Å²) < 4.78 is 8.53. The molecule has 1 unspecified atom stereocenters. The smallest absolute Gasteiger partial charge is 0.368 e. The fraction of sp³-hybridized carbons (Fsp3) is 0.364. The van der Waals surface area contributed by atoms with Crippen LogP contribution in [0.1, 0.15) is 43.9 Å². The normalized spacial score (nSPS) is 12.6. The van der Waals surface area contributed by atoms with Gasteiger partial charge in [0, 0.05) is 18.2 Å². The van der Waals surface area contributed by atoms with Crippen LogP contribution in [0.15, 0.2) is 52.4 Å². The molecule has 3 aromatic rings. The zero-order valence-electron chi connectivity index (χ0n) is 18.0. The van der Waals surface area contributed by atoms with Gasteiger partial charge in [-0.3, -0.25) is 0 Å². The van der Waals surface area contributed by atoms with Crippen LogP contribution in [-0.4, -0.2) is 31.6 Å². The van der Waals surface area contributed by atoms with Crippen LogP contribution in [0, 0.1) is 6.92 Å². The second kappa shape index (κ2) is 9.39. The molecule has 158 valence electrons. The monoisotopic (exact) mass is 409 g/mol. The fourth-order valence-electron chi connectivity index (χ4n) is 2.80. The molecule has 0 saturated carbocycles. The number of tetrazole rings is 1. The van der Waals surface area contributed by atoms with Crippen molar-refractivity contribution < 1.29 is 9.57 Å². The molecule has 8 nitrogen and oxygen atoms in total. The Labute approximate surface area is 175 Å². The number of nitrogens with zero attached hydrogens (tertiary/aromatic N) is 5. The summed E-state index contributed by atoms with van der Waals surface area (Å²) in [6, 6.07) is 13.4. The first kappa shape index (κ1) is 21.3. The van der Waals surface area contributed by atoms with Gasteiger partial charge in [-0.1, -0.05) is 36.3 Å². The van der Waals surface area contributed by atoms with Gasteiger partial charge in [0.15, 0.2) is 0 Å². The van der Waals surface area contributed by atoms with Crippen molar-refractivity contribution in [1.82, 2.24) is 19.8 Å². The molecule has 0 saturated heterocycles. The quantitative estimate of drug-likeness (QED) is 0.421. The first-order valence-electron chi connectivity index (χ1n) is 9.92. The van der Waals surface area contributed by atoms with Crippen molar-refractivity contribution in [2.24, 2.45) is 12.2 Å². The van der Waals surface area contributed by atoms with Gasteiger partial charge in [-0.15, -0.1) is 0 Å². The van der Waals surface area contributed by atoms with Crippen molar-refractivity contribution in [2.75, 3.05) is 0 Å². The highest BCUT2D eigenvalue weighted by Crippen LogP contribution is 2.21. The van der Waals surface area contributed by atoms with E-state index < -0.39 is 0 Å². The van der Waals surface area contributed by atoms with E-state index in [-0.39, 0.29) is 18.4 Å². The number of aryl methyl sites for hydroxylation is 2. The van der Waals surface area contributed by atoms with E-state index in [1.807, 2.05) is 63.2 Å². The Hall–Kier alpha value is -3.42. The molecular weight excluding hydrogens is 382 g/mol. The molecule has 0 spiro atoms. The lowest BCUT2D eigenvalue weighted by atomic mass is 10.1. The Morgan fingerprint density at radius 1 is 1.20 bits per heavy atom. The molecule has 0 aliphatic heterocycles. The summed E-state index contributed by atoms with van der Waals surface area (Å²) in [7, 11) is 1.57. The molecule has 8 heteroatoms. The largest absolute Gasteiger partial charge is 0.489 e. The Balaban J connectivity index is 1.82. The van der Waals surface area contributed by atoms with Gasteiger partial charge >= 0.3 is 5.69 Å². The number of aromatic nitrogens is 4. The van der Waals surface area contributed by atoms with E-state index in [1.165, 1.54) is 9.36 Å². The molecule has 0 amide bonds. The van der Waals surface area contributed by atoms with E-state index >= 15 is 0 Å². The van der Waals surface area contributed by atoms with Crippen molar-refractivity contribution >= 4 is 5.71 Å². The number of ether oxygens (including phenoxy) is 1. The molecule has 0 N–H and O–H groups in total. The summed E-state index contributed by atoms with van der Waals surface area (Å²) in [5, 5.41) is 12.0. The lowest BCUT2D eigenvalue weighted by Gasteiger charge is -2.13. The zero-order chi connectivity index (χ0) is 21.7. The maximum absolute atomic E-state index is 12.3.